The Bertz CT molecular complexity index is 1200. The molecule has 8 nitrogen and oxygen atoms in total. The van der Waals surface area contributed by atoms with Crippen molar-refractivity contribution in [1.29, 1.82) is 0 Å². The second-order valence-corrected chi connectivity index (χ2v) is 8.43. The molecule has 0 fully saturated rings. The van der Waals surface area contributed by atoms with Crippen molar-refractivity contribution in [2.45, 2.75) is 34.3 Å². The number of carbonyl (C=O) groups is 2. The van der Waals surface area contributed by atoms with Crippen LogP contribution in [0.25, 0.3) is 0 Å². The number of nitro groups is 1. The summed E-state index contributed by atoms with van der Waals surface area (Å²) in [5.41, 5.74) is 2.76. The maximum atomic E-state index is 12.5. The van der Waals surface area contributed by atoms with Gasteiger partial charge in [0, 0.05) is 18.4 Å². The summed E-state index contributed by atoms with van der Waals surface area (Å²) < 4.78 is 5.28. The Kier molecular flexibility index (Phi) is 6.90. The fourth-order valence-electron chi connectivity index (χ4n) is 3.33. The molecule has 0 saturated heterocycles. The largest absolute Gasteiger partial charge is 0.455 e. The van der Waals surface area contributed by atoms with Crippen LogP contribution in [0.15, 0.2) is 35.7 Å². The number of anilines is 2. The number of hydrogen-bond donors (Lipinski definition) is 0. The molecule has 3 rings (SSSR count). The van der Waals surface area contributed by atoms with Crippen molar-refractivity contribution in [3.05, 3.63) is 78.8 Å². The summed E-state index contributed by atoms with van der Waals surface area (Å²) in [5.74, 6) is -1.09. The Balaban J connectivity index is 1.84. The van der Waals surface area contributed by atoms with Gasteiger partial charge < -0.3 is 4.74 Å². The number of esters is 1. The molecule has 0 atom stereocenters. The molecule has 10 heteroatoms. The number of carbonyl (C=O) groups excluding carboxylic acids is 2. The predicted octanol–water partition coefficient (Wildman–Crippen LogP) is 5.67. The Hall–Kier alpha value is -3.30. The van der Waals surface area contributed by atoms with Gasteiger partial charge in [-0.05, 0) is 43.5 Å². The molecule has 0 bridgehead atoms. The third-order valence-electron chi connectivity index (χ3n) is 4.67. The van der Waals surface area contributed by atoms with E-state index in [2.05, 4.69) is 4.98 Å². The number of amides is 1. The highest BCUT2D eigenvalue weighted by molar-refractivity contribution is 7.14. The fourth-order valence-corrected chi connectivity index (χ4v) is 4.59. The molecule has 3 aromatic rings. The maximum Gasteiger partial charge on any atom is 0.345 e. The first-order valence-corrected chi connectivity index (χ1v) is 10.8. The summed E-state index contributed by atoms with van der Waals surface area (Å²) in [6.07, 6.45) is 0. The SMILES string of the molecule is CC(=O)N(c1nc(COC(=O)c2c(C)cccc2[N+](=O)[O-])cs1)c1c(C)cc(C)cc1Cl. The molecule has 0 aliphatic heterocycles. The molecule has 0 N–H and O–H groups in total. The smallest absolute Gasteiger partial charge is 0.345 e. The number of ether oxygens (including phenoxy) is 1. The highest BCUT2D eigenvalue weighted by atomic mass is 35.5. The van der Waals surface area contributed by atoms with Crippen LogP contribution in [0.1, 0.15) is 39.7 Å². The molecule has 1 heterocycles. The predicted molar refractivity (Wildman–Crippen MR) is 123 cm³/mol. The second-order valence-electron chi connectivity index (χ2n) is 7.19. The van der Waals surface area contributed by atoms with Gasteiger partial charge in [0.2, 0.25) is 5.91 Å². The van der Waals surface area contributed by atoms with Crippen molar-refractivity contribution in [2.24, 2.45) is 0 Å². The van der Waals surface area contributed by atoms with Crippen LogP contribution >= 0.6 is 22.9 Å². The zero-order valence-corrected chi connectivity index (χ0v) is 19.4. The first kappa shape index (κ1) is 23.4. The van der Waals surface area contributed by atoms with E-state index in [-0.39, 0.29) is 23.8 Å². The van der Waals surface area contributed by atoms with E-state index in [0.717, 1.165) is 11.1 Å². The molecule has 32 heavy (non-hydrogen) atoms. The summed E-state index contributed by atoms with van der Waals surface area (Å²) in [4.78, 5) is 41.4. The van der Waals surface area contributed by atoms with Gasteiger partial charge >= 0.3 is 5.97 Å². The number of hydrogen-bond acceptors (Lipinski definition) is 7. The number of aryl methyl sites for hydroxylation is 3. The van der Waals surface area contributed by atoms with E-state index in [1.165, 1.54) is 35.3 Å². The lowest BCUT2D eigenvalue weighted by Crippen LogP contribution is -2.24. The minimum absolute atomic E-state index is 0.0969. The van der Waals surface area contributed by atoms with Gasteiger partial charge in [-0.2, -0.15) is 0 Å². The highest BCUT2D eigenvalue weighted by Crippen LogP contribution is 2.37. The van der Waals surface area contributed by atoms with Gasteiger partial charge in [-0.15, -0.1) is 11.3 Å². The average Bonchev–Trinajstić information content (AvgIpc) is 3.16. The summed E-state index contributed by atoms with van der Waals surface area (Å²) >= 11 is 7.61. The van der Waals surface area contributed by atoms with Gasteiger partial charge in [-0.25, -0.2) is 9.78 Å². The van der Waals surface area contributed by atoms with Crippen LogP contribution in [-0.4, -0.2) is 21.8 Å². The lowest BCUT2D eigenvalue weighted by molar-refractivity contribution is -0.385. The standard InChI is InChI=1S/C22H20ClN3O5S/c1-12-8-14(3)20(17(23)9-12)25(15(4)27)22-24-16(11-32-22)10-31-21(28)19-13(2)6-5-7-18(19)26(29)30/h5-9,11H,10H2,1-4H3. The lowest BCUT2D eigenvalue weighted by atomic mass is 10.1. The number of halogens is 1. The van der Waals surface area contributed by atoms with E-state index >= 15 is 0 Å². The summed E-state index contributed by atoms with van der Waals surface area (Å²) in [5, 5.41) is 13.7. The molecule has 1 aromatic heterocycles. The van der Waals surface area contributed by atoms with E-state index in [1.54, 1.807) is 24.4 Å². The highest BCUT2D eigenvalue weighted by Gasteiger charge is 2.25. The zero-order chi connectivity index (χ0) is 23.6. The monoisotopic (exact) mass is 473 g/mol. The third-order valence-corrected chi connectivity index (χ3v) is 5.83. The van der Waals surface area contributed by atoms with E-state index < -0.39 is 10.9 Å². The van der Waals surface area contributed by atoms with Crippen LogP contribution in [0.5, 0.6) is 0 Å². The van der Waals surface area contributed by atoms with Gasteiger partial charge in [0.25, 0.3) is 5.69 Å². The molecule has 0 unspecified atom stereocenters. The molecule has 0 aliphatic rings. The van der Waals surface area contributed by atoms with Crippen LogP contribution in [0, 0.1) is 30.9 Å². The molecular weight excluding hydrogens is 454 g/mol. The molecule has 0 spiro atoms. The Labute approximate surface area is 193 Å². The van der Waals surface area contributed by atoms with Crippen LogP contribution in [0.4, 0.5) is 16.5 Å². The number of rotatable bonds is 6. The number of nitrogens with zero attached hydrogens (tertiary/aromatic N) is 3. The summed E-state index contributed by atoms with van der Waals surface area (Å²) in [6.45, 7) is 6.58. The van der Waals surface area contributed by atoms with Crippen molar-refractivity contribution in [3.8, 4) is 0 Å². The molecular formula is C22H20ClN3O5S. The minimum Gasteiger partial charge on any atom is -0.455 e. The Morgan fingerprint density at radius 2 is 1.94 bits per heavy atom. The number of aromatic nitrogens is 1. The van der Waals surface area contributed by atoms with E-state index in [0.29, 0.717) is 27.1 Å². The Morgan fingerprint density at radius 3 is 2.56 bits per heavy atom. The van der Waals surface area contributed by atoms with Crippen molar-refractivity contribution >= 4 is 51.3 Å². The van der Waals surface area contributed by atoms with Crippen molar-refractivity contribution in [2.75, 3.05) is 4.90 Å². The fraction of sp³-hybridized carbons (Fsp3) is 0.227. The normalized spacial score (nSPS) is 10.7. The average molecular weight is 474 g/mol. The van der Waals surface area contributed by atoms with E-state index in [1.807, 2.05) is 19.9 Å². The second kappa shape index (κ2) is 9.46. The molecule has 0 radical (unpaired) electrons. The van der Waals surface area contributed by atoms with Crippen LogP contribution < -0.4 is 4.90 Å². The van der Waals surface area contributed by atoms with Crippen molar-refractivity contribution in [3.63, 3.8) is 0 Å². The minimum atomic E-state index is -0.815. The first-order valence-electron chi connectivity index (χ1n) is 9.53. The number of benzene rings is 2. The summed E-state index contributed by atoms with van der Waals surface area (Å²) in [7, 11) is 0. The first-order chi connectivity index (χ1) is 15.1. The van der Waals surface area contributed by atoms with Gasteiger partial charge in [0.05, 0.1) is 21.3 Å². The lowest BCUT2D eigenvalue weighted by Gasteiger charge is -2.22. The molecule has 166 valence electrons. The van der Waals surface area contributed by atoms with Gasteiger partial charge in [0.1, 0.15) is 12.2 Å². The number of thiazole rings is 1. The Morgan fingerprint density at radius 1 is 1.22 bits per heavy atom. The van der Waals surface area contributed by atoms with Gasteiger partial charge in [0.15, 0.2) is 5.13 Å². The maximum absolute atomic E-state index is 12.5. The van der Waals surface area contributed by atoms with Crippen LogP contribution in [-0.2, 0) is 16.1 Å². The quantitative estimate of drug-likeness (QED) is 0.259. The molecule has 0 aliphatic carbocycles. The topological polar surface area (TPSA) is 103 Å². The van der Waals surface area contributed by atoms with E-state index in [4.69, 9.17) is 16.3 Å². The third kappa shape index (κ3) is 4.79. The molecule has 0 saturated carbocycles. The summed E-state index contributed by atoms with van der Waals surface area (Å²) in [6, 6.07) is 8.05. The van der Waals surface area contributed by atoms with Gasteiger partial charge in [-0.3, -0.25) is 19.8 Å². The van der Waals surface area contributed by atoms with Crippen molar-refractivity contribution < 1.29 is 19.2 Å². The van der Waals surface area contributed by atoms with E-state index in [9.17, 15) is 19.7 Å². The number of nitro benzene ring substituents is 1. The zero-order valence-electron chi connectivity index (χ0n) is 17.8. The van der Waals surface area contributed by atoms with Gasteiger partial charge in [-0.1, -0.05) is 29.8 Å². The van der Waals surface area contributed by atoms with Crippen LogP contribution in [0.2, 0.25) is 5.02 Å². The van der Waals surface area contributed by atoms with Crippen LogP contribution in [0.3, 0.4) is 0 Å². The van der Waals surface area contributed by atoms with Crippen molar-refractivity contribution in [1.82, 2.24) is 4.98 Å². The molecule has 2 aromatic carbocycles. The molecule has 1 amide bonds.